The third-order valence-electron chi connectivity index (χ3n) is 6.64. The first-order chi connectivity index (χ1) is 20.1. The van der Waals surface area contributed by atoms with Gasteiger partial charge in [-0.2, -0.15) is 0 Å². The molecule has 2 aromatic heterocycles. The summed E-state index contributed by atoms with van der Waals surface area (Å²) in [6.45, 7) is 0.826. The van der Waals surface area contributed by atoms with Crippen molar-refractivity contribution < 1.29 is 68.5 Å². The van der Waals surface area contributed by atoms with E-state index in [2.05, 4.69) is 20.6 Å². The van der Waals surface area contributed by atoms with Crippen molar-refractivity contribution in [1.82, 2.24) is 25.5 Å². The number of β-lactam (4-membered cyclic amide) rings is 1. The average molecular weight is 616 g/mol. The van der Waals surface area contributed by atoms with Gasteiger partial charge < -0.3 is 35.4 Å². The molecule has 1 aromatic carbocycles. The minimum Gasteiger partial charge on any atom is -0.543 e. The number of aliphatic carboxylic acids is 1. The Morgan fingerprint density at radius 1 is 1.21 bits per heavy atom. The molecule has 0 bridgehead atoms. The zero-order valence-electron chi connectivity index (χ0n) is 22.8. The van der Waals surface area contributed by atoms with Crippen LogP contribution in [0.15, 0.2) is 64.9 Å². The van der Waals surface area contributed by atoms with Crippen molar-refractivity contribution in [2.45, 2.75) is 24.4 Å². The molecule has 3 aromatic rings. The van der Waals surface area contributed by atoms with Gasteiger partial charge in [-0.05, 0) is 29.8 Å². The second-order valence-electron chi connectivity index (χ2n) is 9.34. The number of esters is 1. The Balaban J connectivity index is 0.00000423. The van der Waals surface area contributed by atoms with E-state index in [9.17, 15) is 39.0 Å². The van der Waals surface area contributed by atoms with Crippen molar-refractivity contribution in [3.8, 4) is 5.75 Å². The maximum absolute atomic E-state index is 13.5. The predicted octanol–water partition coefficient (Wildman–Crippen LogP) is -3.93. The Hall–Kier alpha value is -4.18. The fourth-order valence-electron chi connectivity index (χ4n) is 4.60. The summed E-state index contributed by atoms with van der Waals surface area (Å²) in [5.41, 5.74) is -0.567. The molecule has 1 unspecified atom stereocenters. The molecule has 4 heterocycles. The van der Waals surface area contributed by atoms with Crippen molar-refractivity contribution >= 4 is 52.5 Å². The number of phenols is 1. The van der Waals surface area contributed by atoms with Crippen molar-refractivity contribution in [2.75, 3.05) is 12.4 Å². The van der Waals surface area contributed by atoms with Crippen LogP contribution in [0.25, 0.3) is 11.0 Å². The van der Waals surface area contributed by atoms with Crippen LogP contribution in [0.5, 0.6) is 5.75 Å². The summed E-state index contributed by atoms with van der Waals surface area (Å²) < 4.78 is 4.90. The number of fused-ring (bicyclic) bond motifs is 2. The van der Waals surface area contributed by atoms with Crippen LogP contribution in [0.1, 0.15) is 28.9 Å². The van der Waals surface area contributed by atoms with Crippen LogP contribution in [0.2, 0.25) is 0 Å². The van der Waals surface area contributed by atoms with E-state index in [1.165, 1.54) is 36.7 Å². The molecular weight excluding hydrogens is 593 g/mol. The van der Waals surface area contributed by atoms with Gasteiger partial charge in [0.15, 0.2) is 0 Å². The van der Waals surface area contributed by atoms with E-state index in [1.807, 2.05) is 0 Å². The van der Waals surface area contributed by atoms with Gasteiger partial charge in [0.25, 0.3) is 11.8 Å². The number of phenolic OH excluding ortho intramolecular Hbond substituents is 1. The summed E-state index contributed by atoms with van der Waals surface area (Å²) >= 11 is 1.15. The molecule has 1 fully saturated rings. The van der Waals surface area contributed by atoms with Crippen LogP contribution in [-0.2, 0) is 23.9 Å². The fourth-order valence-corrected chi connectivity index (χ4v) is 5.93. The minimum atomic E-state index is -1.63. The molecule has 16 heteroatoms. The Kier molecular flexibility index (Phi) is 9.59. The number of amides is 3. The van der Waals surface area contributed by atoms with E-state index in [1.54, 1.807) is 12.1 Å². The standard InChI is InChI=1S/C27H23N5O9S.Na/c1-12(33)41-10-14-11-42-26-20(25(38)32(26)21(14)27(39)40)31-24(37)18(13-4-6-15(34)7-5-13)30-23(36)16-9-29-17-3-2-8-28-19(17)22(16)35;/h2-9,18,20,26,34H,10-11H2,1H3,(H,29,35)(H,30,36)(H,31,37)(H,39,40);/q;+1/p-1/t18?,20-,26-;/m1./s1. The molecule has 14 nitrogen and oxygen atoms in total. The summed E-state index contributed by atoms with van der Waals surface area (Å²) in [4.78, 5) is 83.5. The number of benzene rings is 1. The van der Waals surface area contributed by atoms with E-state index in [0.29, 0.717) is 5.52 Å². The molecule has 3 atom stereocenters. The number of pyridine rings is 2. The third kappa shape index (κ3) is 6.29. The molecule has 0 saturated carbocycles. The predicted molar refractivity (Wildman–Crippen MR) is 144 cm³/mol. The number of carbonyl (C=O) groups excluding carboxylic acids is 5. The number of hydrogen-bond acceptors (Lipinski definition) is 11. The van der Waals surface area contributed by atoms with Gasteiger partial charge in [-0.1, -0.05) is 12.1 Å². The minimum absolute atomic E-state index is 0. The molecule has 216 valence electrons. The molecular formula is C27H22N5NaO9S. The van der Waals surface area contributed by atoms with Crippen LogP contribution >= 0.6 is 11.8 Å². The van der Waals surface area contributed by atoms with Gasteiger partial charge in [-0.25, -0.2) is 0 Å². The van der Waals surface area contributed by atoms with Crippen LogP contribution in [0, 0.1) is 0 Å². The quantitative estimate of drug-likeness (QED) is 0.109. The van der Waals surface area contributed by atoms with Gasteiger partial charge in [0.2, 0.25) is 11.3 Å². The number of aromatic amines is 1. The van der Waals surface area contributed by atoms with Crippen LogP contribution < -0.4 is 50.7 Å². The van der Waals surface area contributed by atoms with Gasteiger partial charge in [0.05, 0.1) is 17.2 Å². The molecule has 5 rings (SSSR count). The number of rotatable bonds is 8. The maximum Gasteiger partial charge on any atom is 1.00 e. The van der Waals surface area contributed by atoms with Crippen molar-refractivity contribution in [2.24, 2.45) is 0 Å². The SMILES string of the molecule is CC(=O)OCC1=C(C(=O)[O-])N2C(=O)[C@@H](NC(=O)C(NC(=O)c3c[nH]c4cccnc4c3=O)c3ccc(O)cc3)[C@H]2SC1.[Na+]. The number of nitrogens with zero attached hydrogens (tertiary/aromatic N) is 2. The Morgan fingerprint density at radius 3 is 2.60 bits per heavy atom. The van der Waals surface area contributed by atoms with E-state index >= 15 is 0 Å². The van der Waals surface area contributed by atoms with Gasteiger partial charge >= 0.3 is 35.5 Å². The van der Waals surface area contributed by atoms with Gasteiger partial charge in [0, 0.05) is 30.6 Å². The number of aromatic nitrogens is 2. The second-order valence-corrected chi connectivity index (χ2v) is 10.4. The summed E-state index contributed by atoms with van der Waals surface area (Å²) in [6, 6.07) is 6.01. The smallest absolute Gasteiger partial charge is 0.543 e. The van der Waals surface area contributed by atoms with Crippen LogP contribution in [0.3, 0.4) is 0 Å². The van der Waals surface area contributed by atoms with Gasteiger partial charge in [-0.15, -0.1) is 11.8 Å². The molecule has 43 heavy (non-hydrogen) atoms. The number of carbonyl (C=O) groups is 5. The molecule has 1 saturated heterocycles. The number of aromatic hydroxyl groups is 1. The number of H-pyrrole nitrogens is 1. The number of ether oxygens (including phenoxy) is 1. The third-order valence-corrected chi connectivity index (χ3v) is 7.98. The Bertz CT molecular complexity index is 1730. The Morgan fingerprint density at radius 2 is 1.93 bits per heavy atom. The number of carboxylic acid groups (broad SMARTS) is 1. The molecule has 2 aliphatic heterocycles. The summed E-state index contributed by atoms with van der Waals surface area (Å²) in [6.07, 6.45) is 2.59. The van der Waals surface area contributed by atoms with E-state index in [-0.39, 0.29) is 69.9 Å². The molecule has 0 aliphatic carbocycles. The van der Waals surface area contributed by atoms with Crippen molar-refractivity contribution in [3.63, 3.8) is 0 Å². The first-order valence-electron chi connectivity index (χ1n) is 12.4. The number of nitrogens with one attached hydrogen (secondary N) is 3. The number of thioether (sulfide) groups is 1. The molecule has 0 radical (unpaired) electrons. The van der Waals surface area contributed by atoms with E-state index in [0.717, 1.165) is 23.6 Å². The van der Waals surface area contributed by atoms with Gasteiger partial charge in [-0.3, -0.25) is 33.9 Å². The monoisotopic (exact) mass is 615 g/mol. The zero-order chi connectivity index (χ0) is 30.1. The molecule has 0 spiro atoms. The van der Waals surface area contributed by atoms with E-state index < -0.39 is 58.2 Å². The fraction of sp³-hybridized carbons (Fsp3) is 0.222. The van der Waals surface area contributed by atoms with Gasteiger partial charge in [0.1, 0.15) is 40.9 Å². The molecule has 3 amide bonds. The first kappa shape index (κ1) is 31.7. The normalized spacial score (nSPS) is 18.1. The van der Waals surface area contributed by atoms with Crippen molar-refractivity contribution in [3.05, 3.63) is 81.4 Å². The van der Waals surface area contributed by atoms with Crippen LogP contribution in [0.4, 0.5) is 0 Å². The largest absolute Gasteiger partial charge is 1.00 e. The number of carboxylic acids is 1. The average Bonchev–Trinajstić information content (AvgIpc) is 2.97. The maximum atomic E-state index is 13.5. The molecule has 2 aliphatic rings. The summed E-state index contributed by atoms with van der Waals surface area (Å²) in [7, 11) is 0. The van der Waals surface area contributed by atoms with E-state index in [4.69, 9.17) is 4.74 Å². The number of hydrogen-bond donors (Lipinski definition) is 4. The zero-order valence-corrected chi connectivity index (χ0v) is 25.6. The topological polar surface area (TPSA) is 211 Å². The molecule has 4 N–H and O–H groups in total. The second kappa shape index (κ2) is 13.0. The van der Waals surface area contributed by atoms with Crippen LogP contribution in [-0.4, -0.2) is 73.4 Å². The first-order valence-corrected chi connectivity index (χ1v) is 13.5. The summed E-state index contributed by atoms with van der Waals surface area (Å²) in [5.74, 6) is -4.74. The van der Waals surface area contributed by atoms with Crippen molar-refractivity contribution in [1.29, 1.82) is 0 Å². The Labute approximate surface area is 269 Å². The summed E-state index contributed by atoms with van der Waals surface area (Å²) in [5, 5.41) is 25.8.